The summed E-state index contributed by atoms with van der Waals surface area (Å²) in [6.45, 7) is 2.60. The van der Waals surface area contributed by atoms with Crippen molar-refractivity contribution in [3.05, 3.63) is 137 Å². The van der Waals surface area contributed by atoms with Gasteiger partial charge < -0.3 is 9.47 Å². The molecule has 186 valence electrons. The van der Waals surface area contributed by atoms with Gasteiger partial charge in [-0.1, -0.05) is 109 Å². The van der Waals surface area contributed by atoms with E-state index in [2.05, 4.69) is 6.07 Å². The molecule has 0 aliphatic carbocycles. The van der Waals surface area contributed by atoms with E-state index in [9.17, 15) is 9.59 Å². The first-order valence-corrected chi connectivity index (χ1v) is 12.5. The number of carbonyl (C=O) groups excluding carboxylic acids is 2. The van der Waals surface area contributed by atoms with Crippen molar-refractivity contribution in [3.63, 3.8) is 0 Å². The van der Waals surface area contributed by atoms with Crippen LogP contribution in [-0.2, 0) is 16.1 Å². The maximum Gasteiger partial charge on any atom is 0.417 e. The van der Waals surface area contributed by atoms with Gasteiger partial charge in [0.25, 0.3) is 0 Å². The average molecular weight is 492 g/mol. The van der Waals surface area contributed by atoms with E-state index < -0.39 is 12.1 Å². The van der Waals surface area contributed by atoms with Gasteiger partial charge in [0, 0.05) is 17.9 Å². The highest BCUT2D eigenvalue weighted by molar-refractivity contribution is 5.94. The van der Waals surface area contributed by atoms with Crippen molar-refractivity contribution in [2.45, 2.75) is 31.9 Å². The normalized spacial score (nSPS) is 15.8. The summed E-state index contributed by atoms with van der Waals surface area (Å²) < 4.78 is 11.6. The van der Waals surface area contributed by atoms with Gasteiger partial charge in [-0.05, 0) is 29.7 Å². The number of ether oxygens (including phenoxy) is 2. The summed E-state index contributed by atoms with van der Waals surface area (Å²) >= 11 is 0. The lowest BCUT2D eigenvalue weighted by molar-refractivity contribution is -0.129. The van der Waals surface area contributed by atoms with E-state index in [-0.39, 0.29) is 24.9 Å². The lowest BCUT2D eigenvalue weighted by Gasteiger charge is -2.25. The molecule has 0 N–H and O–H groups in total. The van der Waals surface area contributed by atoms with Crippen molar-refractivity contribution < 1.29 is 19.1 Å². The Labute approximate surface area is 217 Å². The highest BCUT2D eigenvalue weighted by atomic mass is 16.6. The molecule has 1 heterocycles. The van der Waals surface area contributed by atoms with Crippen LogP contribution in [0.3, 0.4) is 0 Å². The molecule has 2 amide bonds. The van der Waals surface area contributed by atoms with Crippen LogP contribution in [-0.4, -0.2) is 23.5 Å². The van der Waals surface area contributed by atoms with Gasteiger partial charge in [-0.3, -0.25) is 4.79 Å². The molecule has 1 saturated heterocycles. The Morgan fingerprint density at radius 3 is 2.27 bits per heavy atom. The Kier molecular flexibility index (Phi) is 7.31. The summed E-state index contributed by atoms with van der Waals surface area (Å²) in [5.41, 5.74) is 4.90. The Balaban J connectivity index is 1.47. The second kappa shape index (κ2) is 11.1. The predicted octanol–water partition coefficient (Wildman–Crippen LogP) is 6.82. The monoisotopic (exact) mass is 491 g/mol. The molecule has 0 saturated carbocycles. The smallest absolute Gasteiger partial charge is 0.417 e. The quantitative estimate of drug-likeness (QED) is 0.271. The maximum absolute atomic E-state index is 13.8. The Morgan fingerprint density at radius 2 is 1.57 bits per heavy atom. The van der Waals surface area contributed by atoms with Crippen LogP contribution in [0.5, 0.6) is 5.75 Å². The van der Waals surface area contributed by atoms with Crippen LogP contribution in [0.4, 0.5) is 4.79 Å². The zero-order chi connectivity index (χ0) is 25.6. The third-order valence-electron chi connectivity index (χ3n) is 6.68. The molecule has 5 rings (SSSR count). The molecule has 4 aromatic rings. The van der Waals surface area contributed by atoms with Gasteiger partial charge in [0.05, 0.1) is 0 Å². The van der Waals surface area contributed by atoms with Gasteiger partial charge in [0.15, 0.2) is 0 Å². The van der Waals surface area contributed by atoms with E-state index in [1.54, 1.807) is 0 Å². The summed E-state index contributed by atoms with van der Waals surface area (Å²) in [5.74, 6) is 0.143. The summed E-state index contributed by atoms with van der Waals surface area (Å²) in [5, 5.41) is 0. The fourth-order valence-electron chi connectivity index (χ4n) is 4.79. The third-order valence-corrected chi connectivity index (χ3v) is 6.68. The van der Waals surface area contributed by atoms with Gasteiger partial charge in [0.1, 0.15) is 25.0 Å². The van der Waals surface area contributed by atoms with E-state index >= 15 is 0 Å². The zero-order valence-electron chi connectivity index (χ0n) is 20.7. The lowest BCUT2D eigenvalue weighted by atomic mass is 9.86. The number of hydrogen-bond donors (Lipinski definition) is 0. The molecule has 5 heteroatoms. The molecule has 0 aromatic heterocycles. The number of nitrogens with zero attached hydrogens (tertiary/aromatic N) is 1. The largest absolute Gasteiger partial charge is 0.489 e. The minimum atomic E-state index is -0.601. The molecule has 37 heavy (non-hydrogen) atoms. The fraction of sp³-hybridized carbons (Fsp3) is 0.188. The van der Waals surface area contributed by atoms with Crippen molar-refractivity contribution in [2.24, 2.45) is 0 Å². The zero-order valence-corrected chi connectivity index (χ0v) is 20.7. The molecule has 1 aliphatic heterocycles. The van der Waals surface area contributed by atoms with Gasteiger partial charge in [-0.25, -0.2) is 9.69 Å². The van der Waals surface area contributed by atoms with Crippen LogP contribution >= 0.6 is 0 Å². The van der Waals surface area contributed by atoms with Crippen LogP contribution in [0, 0.1) is 6.92 Å². The number of benzene rings is 4. The van der Waals surface area contributed by atoms with E-state index in [4.69, 9.17) is 9.47 Å². The molecule has 0 radical (unpaired) electrons. The van der Waals surface area contributed by atoms with Crippen LogP contribution in [0.15, 0.2) is 109 Å². The summed E-state index contributed by atoms with van der Waals surface area (Å²) in [6.07, 6.45) is -0.497. The van der Waals surface area contributed by atoms with E-state index in [1.165, 1.54) is 4.90 Å². The molecule has 5 nitrogen and oxygen atoms in total. The molecular formula is C32H29NO4. The first-order valence-electron chi connectivity index (χ1n) is 12.5. The Hall–Kier alpha value is -4.38. The average Bonchev–Trinajstić information content (AvgIpc) is 3.34. The van der Waals surface area contributed by atoms with Crippen LogP contribution in [0.1, 0.15) is 46.2 Å². The number of imide groups is 1. The maximum atomic E-state index is 13.8. The predicted molar refractivity (Wildman–Crippen MR) is 142 cm³/mol. The standard InChI is InChI=1S/C32H29NO4/c1-23-17-18-30(36-21-24-11-5-2-6-12-24)28(19-23)27(25-13-7-3-8-14-25)20-31(34)33-29(22-37-32(33)35)26-15-9-4-10-16-26/h2-19,27,29H,20-22H2,1H3/t27-,29+/m0/s1. The Morgan fingerprint density at radius 1 is 0.919 bits per heavy atom. The lowest BCUT2D eigenvalue weighted by Crippen LogP contribution is -2.35. The highest BCUT2D eigenvalue weighted by Gasteiger charge is 2.40. The first-order chi connectivity index (χ1) is 18.1. The molecule has 0 unspecified atom stereocenters. The van der Waals surface area contributed by atoms with Crippen molar-refractivity contribution in [1.82, 2.24) is 4.90 Å². The van der Waals surface area contributed by atoms with E-state index in [0.717, 1.165) is 33.6 Å². The number of carbonyl (C=O) groups is 2. The van der Waals surface area contributed by atoms with E-state index in [0.29, 0.717) is 6.61 Å². The van der Waals surface area contributed by atoms with Crippen LogP contribution in [0.2, 0.25) is 0 Å². The molecule has 0 spiro atoms. The second-order valence-electron chi connectivity index (χ2n) is 9.25. The summed E-state index contributed by atoms with van der Waals surface area (Å²) in [6, 6.07) is 35.0. The molecule has 2 atom stereocenters. The van der Waals surface area contributed by atoms with Crippen LogP contribution < -0.4 is 4.74 Å². The minimum Gasteiger partial charge on any atom is -0.489 e. The molecule has 0 bridgehead atoms. The fourth-order valence-corrected chi connectivity index (χ4v) is 4.79. The number of cyclic esters (lactones) is 1. The van der Waals surface area contributed by atoms with Crippen molar-refractivity contribution >= 4 is 12.0 Å². The topological polar surface area (TPSA) is 55.8 Å². The highest BCUT2D eigenvalue weighted by Crippen LogP contribution is 2.38. The van der Waals surface area contributed by atoms with Crippen molar-refractivity contribution in [3.8, 4) is 5.75 Å². The SMILES string of the molecule is Cc1ccc(OCc2ccccc2)c([C@@H](CC(=O)N2C(=O)OC[C@@H]2c2ccccc2)c2ccccc2)c1. The van der Waals surface area contributed by atoms with Gasteiger partial charge >= 0.3 is 6.09 Å². The second-order valence-corrected chi connectivity index (χ2v) is 9.25. The first kappa shape index (κ1) is 24.3. The number of rotatable bonds is 8. The number of aryl methyl sites for hydroxylation is 1. The Bertz CT molecular complexity index is 1360. The summed E-state index contributed by atoms with van der Waals surface area (Å²) in [4.78, 5) is 27.7. The number of hydrogen-bond acceptors (Lipinski definition) is 4. The van der Waals surface area contributed by atoms with Crippen molar-refractivity contribution in [1.29, 1.82) is 0 Å². The van der Waals surface area contributed by atoms with Gasteiger partial charge in [0.2, 0.25) is 5.91 Å². The number of amides is 2. The minimum absolute atomic E-state index is 0.105. The molecule has 4 aromatic carbocycles. The molecular weight excluding hydrogens is 462 g/mol. The summed E-state index contributed by atoms with van der Waals surface area (Å²) in [7, 11) is 0. The van der Waals surface area contributed by atoms with Crippen molar-refractivity contribution in [2.75, 3.05) is 6.61 Å². The van der Waals surface area contributed by atoms with Gasteiger partial charge in [-0.15, -0.1) is 0 Å². The molecule has 1 fully saturated rings. The van der Waals surface area contributed by atoms with Gasteiger partial charge in [-0.2, -0.15) is 0 Å². The van der Waals surface area contributed by atoms with E-state index in [1.807, 2.05) is 110 Å². The molecule has 1 aliphatic rings. The third kappa shape index (κ3) is 5.56. The van der Waals surface area contributed by atoms with Crippen LogP contribution in [0.25, 0.3) is 0 Å².